The Kier molecular flexibility index (Phi) is 6.12. The molecule has 1 aliphatic heterocycles. The number of carbonyl (C=O) groups excluding carboxylic acids is 1. The Morgan fingerprint density at radius 2 is 2.00 bits per heavy atom. The molecule has 31 heavy (non-hydrogen) atoms. The minimum Gasteiger partial charge on any atom is -0.478 e. The van der Waals surface area contributed by atoms with E-state index in [4.69, 9.17) is 0 Å². The van der Waals surface area contributed by atoms with Crippen molar-refractivity contribution in [1.82, 2.24) is 9.47 Å². The Hall–Kier alpha value is -2.32. The summed E-state index contributed by atoms with van der Waals surface area (Å²) >= 11 is 3.01. The number of hydrogen-bond donors (Lipinski definition) is 1. The fourth-order valence-electron chi connectivity index (χ4n) is 4.36. The maximum Gasteiger partial charge on any atom is 0.339 e. The normalized spacial score (nSPS) is 19.0. The highest BCUT2D eigenvalue weighted by molar-refractivity contribution is 8.18. The molecule has 0 aromatic carbocycles. The van der Waals surface area contributed by atoms with Crippen molar-refractivity contribution >= 4 is 46.2 Å². The van der Waals surface area contributed by atoms with Crippen LogP contribution in [-0.4, -0.2) is 44.7 Å². The lowest BCUT2D eigenvalue weighted by molar-refractivity contribution is -0.122. The van der Waals surface area contributed by atoms with Crippen molar-refractivity contribution in [3.63, 3.8) is 0 Å². The topological polar surface area (TPSA) is 74.9 Å². The highest BCUT2D eigenvalue weighted by Crippen LogP contribution is 2.39. The van der Waals surface area contributed by atoms with Gasteiger partial charge in [-0.25, -0.2) is 4.79 Å². The lowest BCUT2D eigenvalue weighted by Gasteiger charge is -2.11. The summed E-state index contributed by atoms with van der Waals surface area (Å²) in [7, 11) is 0. The number of aromatic nitrogens is 1. The second kappa shape index (κ2) is 8.67. The number of aryl methyl sites for hydroxylation is 2. The maximum atomic E-state index is 12.8. The van der Waals surface area contributed by atoms with Gasteiger partial charge in [0.05, 0.1) is 10.5 Å². The van der Waals surface area contributed by atoms with Crippen LogP contribution in [0.15, 0.2) is 16.0 Å². The number of aromatic carboxylic acids is 1. The number of amidine groups is 1. The third-order valence-corrected chi connectivity index (χ3v) is 8.15. The molecule has 6 nitrogen and oxygen atoms in total. The first-order valence-corrected chi connectivity index (χ1v) is 12.3. The first-order valence-electron chi connectivity index (χ1n) is 10.7. The van der Waals surface area contributed by atoms with Gasteiger partial charge in [-0.15, -0.1) is 11.3 Å². The summed E-state index contributed by atoms with van der Waals surface area (Å²) in [4.78, 5) is 33.0. The summed E-state index contributed by atoms with van der Waals surface area (Å²) in [5, 5.41) is 11.5. The number of carboxylic acids is 1. The lowest BCUT2D eigenvalue weighted by atomic mass is 9.95. The van der Waals surface area contributed by atoms with Gasteiger partial charge in [-0.1, -0.05) is 0 Å². The number of carbonyl (C=O) groups is 2. The van der Waals surface area contributed by atoms with Crippen LogP contribution in [0, 0.1) is 13.8 Å². The number of rotatable bonds is 5. The molecule has 8 heteroatoms. The zero-order valence-electron chi connectivity index (χ0n) is 18.3. The van der Waals surface area contributed by atoms with E-state index in [1.807, 2.05) is 44.4 Å². The van der Waals surface area contributed by atoms with Crippen LogP contribution in [0.5, 0.6) is 0 Å². The third kappa shape index (κ3) is 3.76. The molecular formula is C23H27N3O3S2. The number of amides is 1. The summed E-state index contributed by atoms with van der Waals surface area (Å²) < 4.78 is 2.04. The fraction of sp³-hybridized carbons (Fsp3) is 0.435. The van der Waals surface area contributed by atoms with Gasteiger partial charge < -0.3 is 9.67 Å². The number of aliphatic imine (C=N–C) groups is 1. The number of carboxylic acid groups (broad SMARTS) is 1. The first kappa shape index (κ1) is 21.9. The van der Waals surface area contributed by atoms with Crippen LogP contribution in [0.1, 0.15) is 64.4 Å². The van der Waals surface area contributed by atoms with Crippen molar-refractivity contribution in [2.75, 3.05) is 13.1 Å². The van der Waals surface area contributed by atoms with Gasteiger partial charge in [-0.3, -0.25) is 14.7 Å². The van der Waals surface area contributed by atoms with Crippen LogP contribution in [-0.2, 0) is 17.6 Å². The van der Waals surface area contributed by atoms with Crippen molar-refractivity contribution in [2.45, 2.75) is 53.4 Å². The molecule has 2 aliphatic rings. The number of likely N-dealkylation sites (N-methyl/N-ethyl adjacent to an activating group) is 1. The van der Waals surface area contributed by atoms with Crippen molar-refractivity contribution in [3.8, 4) is 5.00 Å². The Morgan fingerprint density at radius 1 is 1.26 bits per heavy atom. The predicted octanol–water partition coefficient (Wildman–Crippen LogP) is 5.04. The standard InChI is InChI=1S/C23H27N3O3S2/c1-5-24-23-25(6-2)20(27)18(31-23)12-15-11-13(3)26(14(15)4)21-19(22(28)29)16-9-7-8-10-17(16)30-21/h11-12H,5-10H2,1-4H3,(H,28,29). The number of thiophene rings is 1. The van der Waals surface area contributed by atoms with E-state index >= 15 is 0 Å². The van der Waals surface area contributed by atoms with E-state index in [9.17, 15) is 14.7 Å². The number of thioether (sulfide) groups is 1. The van der Waals surface area contributed by atoms with E-state index in [-0.39, 0.29) is 5.91 Å². The van der Waals surface area contributed by atoms with E-state index < -0.39 is 5.97 Å². The van der Waals surface area contributed by atoms with Gasteiger partial charge in [0.2, 0.25) is 0 Å². The van der Waals surface area contributed by atoms with E-state index in [0.717, 1.165) is 58.4 Å². The second-order valence-electron chi connectivity index (χ2n) is 7.78. The largest absolute Gasteiger partial charge is 0.478 e. The molecule has 4 rings (SSSR count). The molecule has 1 fully saturated rings. The van der Waals surface area contributed by atoms with Crippen LogP contribution >= 0.6 is 23.1 Å². The molecule has 0 unspecified atom stereocenters. The minimum atomic E-state index is -0.859. The molecule has 0 spiro atoms. The maximum absolute atomic E-state index is 12.8. The monoisotopic (exact) mass is 457 g/mol. The highest BCUT2D eigenvalue weighted by Gasteiger charge is 2.32. The third-order valence-electron chi connectivity index (χ3n) is 5.82. The van der Waals surface area contributed by atoms with Gasteiger partial charge in [0.15, 0.2) is 5.17 Å². The Labute approximate surface area is 190 Å². The quantitative estimate of drug-likeness (QED) is 0.638. The van der Waals surface area contributed by atoms with E-state index in [0.29, 0.717) is 23.6 Å². The first-order chi connectivity index (χ1) is 14.9. The fourth-order valence-corrected chi connectivity index (χ4v) is 6.94. The average Bonchev–Trinajstić information content (AvgIpc) is 3.34. The zero-order chi connectivity index (χ0) is 22.3. The summed E-state index contributed by atoms with van der Waals surface area (Å²) in [5.41, 5.74) is 4.30. The van der Waals surface area contributed by atoms with Gasteiger partial charge in [-0.2, -0.15) is 0 Å². The predicted molar refractivity (Wildman–Crippen MR) is 128 cm³/mol. The summed E-state index contributed by atoms with van der Waals surface area (Å²) in [5.74, 6) is -0.885. The Balaban J connectivity index is 1.79. The van der Waals surface area contributed by atoms with Gasteiger partial charge in [-0.05, 0) is 88.4 Å². The number of hydrogen-bond acceptors (Lipinski definition) is 5. The van der Waals surface area contributed by atoms with Crippen LogP contribution in [0.3, 0.4) is 0 Å². The van der Waals surface area contributed by atoms with Gasteiger partial charge in [0.1, 0.15) is 5.00 Å². The minimum absolute atomic E-state index is 0.0256. The molecule has 0 atom stereocenters. The zero-order valence-corrected chi connectivity index (χ0v) is 20.0. The van der Waals surface area contributed by atoms with Gasteiger partial charge in [0.25, 0.3) is 5.91 Å². The van der Waals surface area contributed by atoms with Gasteiger partial charge >= 0.3 is 5.97 Å². The van der Waals surface area contributed by atoms with E-state index in [2.05, 4.69) is 4.99 Å². The molecule has 3 heterocycles. The summed E-state index contributed by atoms with van der Waals surface area (Å²) in [6, 6.07) is 2.03. The molecule has 0 saturated carbocycles. The smallest absolute Gasteiger partial charge is 0.339 e. The average molecular weight is 458 g/mol. The van der Waals surface area contributed by atoms with Crippen LogP contribution < -0.4 is 0 Å². The SMILES string of the molecule is CCN=C1SC(=Cc2cc(C)n(-c3sc4c(c3C(=O)O)CCCC4)c2C)C(=O)N1CC. The Bertz CT molecular complexity index is 1120. The Morgan fingerprint density at radius 3 is 2.68 bits per heavy atom. The van der Waals surface area contributed by atoms with Crippen molar-refractivity contribution < 1.29 is 14.7 Å². The van der Waals surface area contributed by atoms with Crippen molar-refractivity contribution in [1.29, 1.82) is 0 Å². The number of nitrogens with zero attached hydrogens (tertiary/aromatic N) is 3. The number of fused-ring (bicyclic) bond motifs is 1. The lowest BCUT2D eigenvalue weighted by Crippen LogP contribution is -2.28. The van der Waals surface area contributed by atoms with E-state index in [1.54, 1.807) is 16.2 Å². The van der Waals surface area contributed by atoms with E-state index in [1.165, 1.54) is 16.6 Å². The van der Waals surface area contributed by atoms with Crippen LogP contribution in [0.2, 0.25) is 0 Å². The molecule has 1 N–H and O–H groups in total. The molecule has 2 aromatic heterocycles. The molecule has 1 amide bonds. The molecule has 2 aromatic rings. The summed E-state index contributed by atoms with van der Waals surface area (Å²) in [6.07, 6.45) is 5.86. The molecule has 0 bridgehead atoms. The van der Waals surface area contributed by atoms with Crippen LogP contribution in [0.25, 0.3) is 11.1 Å². The molecule has 0 radical (unpaired) electrons. The van der Waals surface area contributed by atoms with Crippen LogP contribution in [0.4, 0.5) is 0 Å². The summed E-state index contributed by atoms with van der Waals surface area (Å²) in [6.45, 7) is 9.11. The molecule has 1 saturated heterocycles. The van der Waals surface area contributed by atoms with Crippen molar-refractivity contribution in [3.05, 3.63) is 43.9 Å². The molecular weight excluding hydrogens is 430 g/mol. The highest BCUT2D eigenvalue weighted by atomic mass is 32.2. The second-order valence-corrected chi connectivity index (χ2v) is 9.87. The van der Waals surface area contributed by atoms with Crippen molar-refractivity contribution in [2.24, 2.45) is 4.99 Å². The van der Waals surface area contributed by atoms with Gasteiger partial charge in [0, 0.05) is 29.4 Å². The molecule has 164 valence electrons. The molecule has 1 aliphatic carbocycles.